The van der Waals surface area contributed by atoms with E-state index in [1.165, 1.54) is 0 Å². The smallest absolute Gasteiger partial charge is 0.173 e. The van der Waals surface area contributed by atoms with Gasteiger partial charge in [0.15, 0.2) is 6.23 Å². The molecule has 0 spiro atoms. The predicted molar refractivity (Wildman–Crippen MR) is 43.5 cm³/mol. The molecule has 1 aromatic carbocycles. The van der Waals surface area contributed by atoms with E-state index < -0.39 is 0 Å². The quantitative estimate of drug-likeness (QED) is 0.605. The molecule has 1 aliphatic rings. The topological polar surface area (TPSA) is 35.2 Å². The van der Waals surface area contributed by atoms with E-state index in [9.17, 15) is 0 Å². The van der Waals surface area contributed by atoms with Gasteiger partial charge in [0.05, 0.1) is 6.26 Å². The average Bonchev–Trinajstić information content (AvgIpc) is 2.06. The van der Waals surface area contributed by atoms with Crippen molar-refractivity contribution in [2.24, 2.45) is 5.73 Å². The Hall–Kier alpha value is -1.28. The first-order valence-corrected chi connectivity index (χ1v) is 3.54. The van der Waals surface area contributed by atoms with Gasteiger partial charge >= 0.3 is 0 Å². The molecule has 0 saturated carbocycles. The van der Waals surface area contributed by atoms with Crippen molar-refractivity contribution in [3.8, 4) is 0 Å². The van der Waals surface area contributed by atoms with Crippen molar-refractivity contribution in [1.29, 1.82) is 0 Å². The standard InChI is InChI=1S/C9H9NO/c10-9-8-4-2-1-3-7(8)5-6-11-9/h1-6,9H,10H2. The Kier molecular flexibility index (Phi) is 1.40. The van der Waals surface area contributed by atoms with Gasteiger partial charge in [-0.15, -0.1) is 0 Å². The monoisotopic (exact) mass is 147 g/mol. The molecular formula is C9H9NO. The molecule has 11 heavy (non-hydrogen) atoms. The maximum Gasteiger partial charge on any atom is 0.173 e. The van der Waals surface area contributed by atoms with E-state index in [1.807, 2.05) is 30.3 Å². The van der Waals surface area contributed by atoms with Crippen molar-refractivity contribution in [1.82, 2.24) is 0 Å². The summed E-state index contributed by atoms with van der Waals surface area (Å²) >= 11 is 0. The highest BCUT2D eigenvalue weighted by Crippen LogP contribution is 2.22. The summed E-state index contributed by atoms with van der Waals surface area (Å²) in [6.07, 6.45) is 3.25. The van der Waals surface area contributed by atoms with Crippen molar-refractivity contribution in [2.75, 3.05) is 0 Å². The molecule has 2 nitrogen and oxygen atoms in total. The Morgan fingerprint density at radius 2 is 2.09 bits per heavy atom. The minimum Gasteiger partial charge on any atom is -0.479 e. The Labute approximate surface area is 65.3 Å². The number of benzene rings is 1. The summed E-state index contributed by atoms with van der Waals surface area (Å²) in [6, 6.07) is 7.94. The third-order valence-corrected chi connectivity index (χ3v) is 1.78. The number of nitrogens with two attached hydrogens (primary N) is 1. The molecule has 0 bridgehead atoms. The Morgan fingerprint density at radius 3 is 2.91 bits per heavy atom. The fourth-order valence-corrected chi connectivity index (χ4v) is 1.19. The Balaban J connectivity index is 2.54. The van der Waals surface area contributed by atoms with Crippen LogP contribution in [0.2, 0.25) is 0 Å². The number of hydrogen-bond acceptors (Lipinski definition) is 2. The van der Waals surface area contributed by atoms with Gasteiger partial charge in [-0.3, -0.25) is 5.73 Å². The van der Waals surface area contributed by atoms with Gasteiger partial charge in [-0.25, -0.2) is 0 Å². The molecule has 1 unspecified atom stereocenters. The molecule has 0 radical (unpaired) electrons. The fourth-order valence-electron chi connectivity index (χ4n) is 1.19. The van der Waals surface area contributed by atoms with Gasteiger partial charge in [0.25, 0.3) is 0 Å². The highest BCUT2D eigenvalue weighted by Gasteiger charge is 2.11. The van der Waals surface area contributed by atoms with E-state index in [1.54, 1.807) is 6.26 Å². The van der Waals surface area contributed by atoms with Crippen molar-refractivity contribution in [3.05, 3.63) is 41.7 Å². The van der Waals surface area contributed by atoms with E-state index in [0.717, 1.165) is 11.1 Å². The van der Waals surface area contributed by atoms with Gasteiger partial charge < -0.3 is 4.74 Å². The van der Waals surface area contributed by atoms with Crippen molar-refractivity contribution >= 4 is 6.08 Å². The van der Waals surface area contributed by atoms with Gasteiger partial charge in [-0.1, -0.05) is 24.3 Å². The third-order valence-electron chi connectivity index (χ3n) is 1.78. The maximum atomic E-state index is 5.67. The summed E-state index contributed by atoms with van der Waals surface area (Å²) < 4.78 is 5.10. The first-order chi connectivity index (χ1) is 5.38. The molecule has 1 atom stereocenters. The van der Waals surface area contributed by atoms with Crippen LogP contribution in [0.25, 0.3) is 6.08 Å². The molecule has 0 aromatic heterocycles. The summed E-state index contributed by atoms with van der Waals surface area (Å²) in [5.41, 5.74) is 7.87. The van der Waals surface area contributed by atoms with E-state index >= 15 is 0 Å². The van der Waals surface area contributed by atoms with Crippen LogP contribution in [-0.2, 0) is 4.74 Å². The van der Waals surface area contributed by atoms with Crippen LogP contribution >= 0.6 is 0 Å². The van der Waals surface area contributed by atoms with E-state index in [2.05, 4.69) is 0 Å². The Bertz CT molecular complexity index is 293. The summed E-state index contributed by atoms with van der Waals surface area (Å²) in [7, 11) is 0. The molecule has 2 N–H and O–H groups in total. The second kappa shape index (κ2) is 2.40. The molecule has 0 fully saturated rings. The number of ether oxygens (including phenoxy) is 1. The van der Waals surface area contributed by atoms with Crippen LogP contribution in [0, 0.1) is 0 Å². The van der Waals surface area contributed by atoms with Crippen LogP contribution in [0.3, 0.4) is 0 Å². The van der Waals surface area contributed by atoms with Crippen LogP contribution in [0.5, 0.6) is 0 Å². The van der Waals surface area contributed by atoms with Gasteiger partial charge in [0.2, 0.25) is 0 Å². The highest BCUT2D eigenvalue weighted by molar-refractivity contribution is 5.55. The first-order valence-electron chi connectivity index (χ1n) is 3.54. The normalized spacial score (nSPS) is 20.6. The van der Waals surface area contributed by atoms with Gasteiger partial charge in [-0.2, -0.15) is 0 Å². The molecule has 0 aliphatic carbocycles. The first kappa shape index (κ1) is 6.43. The van der Waals surface area contributed by atoms with Crippen LogP contribution in [0.4, 0.5) is 0 Å². The van der Waals surface area contributed by atoms with Gasteiger partial charge in [0.1, 0.15) is 0 Å². The zero-order valence-electron chi connectivity index (χ0n) is 6.03. The van der Waals surface area contributed by atoms with Crippen LogP contribution < -0.4 is 5.73 Å². The SMILES string of the molecule is NC1OC=Cc2ccccc21. The molecule has 1 heterocycles. The largest absolute Gasteiger partial charge is 0.479 e. The summed E-state index contributed by atoms with van der Waals surface area (Å²) in [5.74, 6) is 0. The summed E-state index contributed by atoms with van der Waals surface area (Å²) in [6.45, 7) is 0. The molecule has 1 aliphatic heterocycles. The second-order valence-electron chi connectivity index (χ2n) is 2.49. The van der Waals surface area contributed by atoms with Crippen LogP contribution in [0.15, 0.2) is 30.5 Å². The lowest BCUT2D eigenvalue weighted by atomic mass is 10.1. The average molecular weight is 147 g/mol. The molecule has 2 heteroatoms. The number of rotatable bonds is 0. The molecule has 0 saturated heterocycles. The second-order valence-corrected chi connectivity index (χ2v) is 2.49. The minimum atomic E-state index is -0.295. The molecule has 0 amide bonds. The van der Waals surface area contributed by atoms with E-state index in [4.69, 9.17) is 10.5 Å². The third kappa shape index (κ3) is 1.01. The lowest BCUT2D eigenvalue weighted by Crippen LogP contribution is -2.15. The maximum absolute atomic E-state index is 5.67. The van der Waals surface area contributed by atoms with Crippen molar-refractivity contribution < 1.29 is 4.74 Å². The van der Waals surface area contributed by atoms with Crippen LogP contribution in [-0.4, -0.2) is 0 Å². The van der Waals surface area contributed by atoms with Gasteiger partial charge in [0, 0.05) is 5.56 Å². The lowest BCUT2D eigenvalue weighted by molar-refractivity contribution is 0.151. The van der Waals surface area contributed by atoms with E-state index in [0.29, 0.717) is 0 Å². The highest BCUT2D eigenvalue weighted by atomic mass is 16.5. The molecule has 1 aromatic rings. The van der Waals surface area contributed by atoms with Crippen LogP contribution in [0.1, 0.15) is 17.4 Å². The fraction of sp³-hybridized carbons (Fsp3) is 0.111. The molecule has 56 valence electrons. The van der Waals surface area contributed by atoms with Gasteiger partial charge in [-0.05, 0) is 11.6 Å². The molecule has 2 rings (SSSR count). The van der Waals surface area contributed by atoms with Crippen molar-refractivity contribution in [3.63, 3.8) is 0 Å². The zero-order chi connectivity index (χ0) is 7.68. The van der Waals surface area contributed by atoms with E-state index in [-0.39, 0.29) is 6.23 Å². The predicted octanol–water partition coefficient (Wildman–Crippen LogP) is 1.64. The summed E-state index contributed by atoms with van der Waals surface area (Å²) in [4.78, 5) is 0. The zero-order valence-corrected chi connectivity index (χ0v) is 6.03. The number of fused-ring (bicyclic) bond motifs is 1. The molecular weight excluding hydrogens is 138 g/mol. The summed E-state index contributed by atoms with van der Waals surface area (Å²) in [5, 5.41) is 0. The number of hydrogen-bond donors (Lipinski definition) is 1. The minimum absolute atomic E-state index is 0.295. The van der Waals surface area contributed by atoms with Crippen molar-refractivity contribution in [2.45, 2.75) is 6.23 Å². The lowest BCUT2D eigenvalue weighted by Gasteiger charge is -2.17. The Morgan fingerprint density at radius 1 is 1.27 bits per heavy atom.